The summed E-state index contributed by atoms with van der Waals surface area (Å²) in [5.41, 5.74) is 19.2. The van der Waals surface area contributed by atoms with E-state index in [0.717, 1.165) is 67.6 Å². The van der Waals surface area contributed by atoms with Crippen LogP contribution >= 0.6 is 11.3 Å². The summed E-state index contributed by atoms with van der Waals surface area (Å²) >= 11 is 1.87. The first-order valence-electron chi connectivity index (χ1n) is 25.9. The van der Waals surface area contributed by atoms with Crippen molar-refractivity contribution in [3.05, 3.63) is 297 Å². The second-order valence-corrected chi connectivity index (χ2v) is 20.3. The van der Waals surface area contributed by atoms with Crippen LogP contribution in [0, 0.1) is 0 Å². The van der Waals surface area contributed by atoms with Crippen LogP contribution in [-0.2, 0) is 0 Å². The first kappa shape index (κ1) is 44.9. The molecule has 0 spiro atoms. The number of hydrogen-bond acceptors (Lipinski definition) is 3. The Morgan fingerprint density at radius 3 is 1.46 bits per heavy atom. The van der Waals surface area contributed by atoms with Crippen LogP contribution in [0.5, 0.6) is 0 Å². The van der Waals surface area contributed by atoms with Crippen LogP contribution in [-0.4, -0.2) is 4.57 Å². The van der Waals surface area contributed by atoms with Crippen LogP contribution in [0.1, 0.15) is 0 Å². The van der Waals surface area contributed by atoms with Gasteiger partial charge in [-0.1, -0.05) is 206 Å². The molecular weight excluding hydrogens is 939 g/mol. The summed E-state index contributed by atoms with van der Waals surface area (Å²) in [6.07, 6.45) is 0. The maximum absolute atomic E-state index is 2.51. The molecule has 2 heterocycles. The zero-order chi connectivity index (χ0) is 50.4. The molecule has 0 saturated carbocycles. The van der Waals surface area contributed by atoms with Crippen molar-refractivity contribution in [2.45, 2.75) is 0 Å². The average molecular weight is 988 g/mol. The summed E-state index contributed by atoms with van der Waals surface area (Å²) in [7, 11) is 0. The predicted molar refractivity (Wildman–Crippen MR) is 325 cm³/mol. The average Bonchev–Trinajstić information content (AvgIpc) is 4.05. The molecule has 0 radical (unpaired) electrons. The quantitative estimate of drug-likeness (QED) is 0.128. The molecule has 3 nitrogen and oxygen atoms in total. The molecule has 0 aliphatic rings. The first-order valence-corrected chi connectivity index (χ1v) is 26.7. The molecule has 0 fully saturated rings. The topological polar surface area (TPSA) is 11.4 Å². The molecule has 0 amide bonds. The van der Waals surface area contributed by atoms with Crippen molar-refractivity contribution in [2.24, 2.45) is 0 Å². The van der Waals surface area contributed by atoms with Gasteiger partial charge in [0, 0.05) is 70.5 Å². The van der Waals surface area contributed by atoms with Crippen LogP contribution in [0.4, 0.5) is 34.1 Å². The van der Waals surface area contributed by atoms with E-state index >= 15 is 0 Å². The monoisotopic (exact) mass is 987 g/mol. The number of aromatic nitrogens is 1. The van der Waals surface area contributed by atoms with E-state index in [1.165, 1.54) is 58.7 Å². The SMILES string of the molecule is c1ccc(-c2cccc(N(c3cccc(-c4ccccc4N(c4ccccc4)c4ccccc4-c4ccccc4)c3)c3ccc4c(c3)c3ccc5sc6ccccc6c5c3n4-c3cccc(-c4ccccc4)c3)c2)cc1. The summed E-state index contributed by atoms with van der Waals surface area (Å²) in [5.74, 6) is 0. The lowest BCUT2D eigenvalue weighted by Crippen LogP contribution is -2.12. The smallest absolute Gasteiger partial charge is 0.0634 e. The van der Waals surface area contributed by atoms with Gasteiger partial charge in [0.2, 0.25) is 0 Å². The van der Waals surface area contributed by atoms with Crippen molar-refractivity contribution in [3.63, 3.8) is 0 Å². The number of rotatable bonds is 11. The number of nitrogens with zero attached hydrogens (tertiary/aromatic N) is 3. The molecule has 0 unspecified atom stereocenters. The van der Waals surface area contributed by atoms with Gasteiger partial charge in [-0.15, -0.1) is 11.3 Å². The molecule has 2 aromatic heterocycles. The van der Waals surface area contributed by atoms with Crippen LogP contribution in [0.3, 0.4) is 0 Å². The molecular formula is C72H49N3S. The zero-order valence-electron chi connectivity index (χ0n) is 41.5. The van der Waals surface area contributed by atoms with Gasteiger partial charge in [-0.05, 0) is 124 Å². The van der Waals surface area contributed by atoms with E-state index in [1.807, 2.05) is 11.3 Å². The van der Waals surface area contributed by atoms with E-state index in [4.69, 9.17) is 0 Å². The Morgan fingerprint density at radius 1 is 0.276 bits per heavy atom. The largest absolute Gasteiger partial charge is 0.310 e. The summed E-state index contributed by atoms with van der Waals surface area (Å²) in [5, 5.41) is 4.98. The van der Waals surface area contributed by atoms with E-state index in [0.29, 0.717) is 0 Å². The normalized spacial score (nSPS) is 11.4. The third kappa shape index (κ3) is 8.00. The van der Waals surface area contributed by atoms with Gasteiger partial charge in [-0.2, -0.15) is 0 Å². The molecule has 12 aromatic carbocycles. The van der Waals surface area contributed by atoms with Gasteiger partial charge in [0.25, 0.3) is 0 Å². The fraction of sp³-hybridized carbons (Fsp3) is 0. The fourth-order valence-corrected chi connectivity index (χ4v) is 12.4. The van der Waals surface area contributed by atoms with E-state index in [1.54, 1.807) is 0 Å². The lowest BCUT2D eigenvalue weighted by atomic mass is 9.98. The number of para-hydroxylation sites is 3. The Bertz CT molecular complexity index is 4410. The number of anilines is 6. The lowest BCUT2D eigenvalue weighted by molar-refractivity contribution is 1.19. The highest BCUT2D eigenvalue weighted by atomic mass is 32.1. The van der Waals surface area contributed by atoms with Crippen molar-refractivity contribution in [2.75, 3.05) is 9.80 Å². The highest BCUT2D eigenvalue weighted by Crippen LogP contribution is 2.48. The van der Waals surface area contributed by atoms with Gasteiger partial charge in [0.05, 0.1) is 22.4 Å². The Hall–Kier alpha value is -9.74. The van der Waals surface area contributed by atoms with Gasteiger partial charge in [-0.3, -0.25) is 0 Å². The zero-order valence-corrected chi connectivity index (χ0v) is 42.4. The first-order chi connectivity index (χ1) is 37.7. The second kappa shape index (κ2) is 19.3. The molecule has 0 atom stereocenters. The maximum atomic E-state index is 2.51. The van der Waals surface area contributed by atoms with Gasteiger partial charge in [0.1, 0.15) is 0 Å². The molecule has 0 aliphatic heterocycles. The Kier molecular flexibility index (Phi) is 11.4. The third-order valence-corrected chi connectivity index (χ3v) is 15.9. The lowest BCUT2D eigenvalue weighted by Gasteiger charge is -2.30. The van der Waals surface area contributed by atoms with Crippen molar-refractivity contribution < 1.29 is 0 Å². The van der Waals surface area contributed by atoms with Gasteiger partial charge in [0.15, 0.2) is 0 Å². The van der Waals surface area contributed by atoms with Crippen molar-refractivity contribution in [3.8, 4) is 50.2 Å². The summed E-state index contributed by atoms with van der Waals surface area (Å²) in [6.45, 7) is 0. The van der Waals surface area contributed by atoms with E-state index in [-0.39, 0.29) is 0 Å². The maximum Gasteiger partial charge on any atom is 0.0634 e. The highest BCUT2D eigenvalue weighted by molar-refractivity contribution is 7.26. The van der Waals surface area contributed by atoms with Crippen LogP contribution in [0.15, 0.2) is 297 Å². The summed E-state index contributed by atoms with van der Waals surface area (Å²) < 4.78 is 5.08. The van der Waals surface area contributed by atoms with Gasteiger partial charge < -0.3 is 14.4 Å². The van der Waals surface area contributed by atoms with Crippen LogP contribution in [0.2, 0.25) is 0 Å². The van der Waals surface area contributed by atoms with Crippen LogP contribution < -0.4 is 9.80 Å². The third-order valence-electron chi connectivity index (χ3n) is 14.7. The molecule has 0 N–H and O–H groups in total. The molecule has 358 valence electrons. The Labute approximate surface area is 446 Å². The van der Waals surface area contributed by atoms with Crippen LogP contribution in [0.25, 0.3) is 92.2 Å². The number of benzene rings is 12. The van der Waals surface area contributed by atoms with Gasteiger partial charge in [-0.25, -0.2) is 0 Å². The molecule has 0 aliphatic carbocycles. The van der Waals surface area contributed by atoms with E-state index in [2.05, 4.69) is 312 Å². The molecule has 0 bridgehead atoms. The molecule has 14 rings (SSSR count). The highest BCUT2D eigenvalue weighted by Gasteiger charge is 2.24. The second-order valence-electron chi connectivity index (χ2n) is 19.3. The summed E-state index contributed by atoms with van der Waals surface area (Å²) in [4.78, 5) is 4.85. The standard InChI is InChI=1S/C72H49N3S/c1-5-22-50(23-6-1)53-28-19-33-57(46-53)73(58-34-21-30-55(48-58)62-37-14-17-40-67(62)74(56-31-11-4-12-32-56)66-39-16-13-36-61(66)52-26-9-3-10-27-52)60-42-44-68-65(49-60)63-43-45-70-71(64-38-15-18-41-69(64)76-70)72(63)75(68)59-35-20-29-54(47-59)51-24-7-2-8-25-51/h1-49H. The minimum absolute atomic E-state index is 1.05. The number of thiophene rings is 1. The van der Waals surface area contributed by atoms with E-state index in [9.17, 15) is 0 Å². The number of fused-ring (bicyclic) bond motifs is 7. The minimum Gasteiger partial charge on any atom is -0.310 e. The molecule has 76 heavy (non-hydrogen) atoms. The number of hydrogen-bond donors (Lipinski definition) is 0. The minimum atomic E-state index is 1.05. The Balaban J connectivity index is 0.981. The van der Waals surface area contributed by atoms with Crippen molar-refractivity contribution in [1.29, 1.82) is 0 Å². The fourth-order valence-electron chi connectivity index (χ4n) is 11.3. The molecule has 14 aromatic rings. The van der Waals surface area contributed by atoms with E-state index < -0.39 is 0 Å². The van der Waals surface area contributed by atoms with Gasteiger partial charge >= 0.3 is 0 Å². The molecule has 4 heteroatoms. The van der Waals surface area contributed by atoms with Crippen molar-refractivity contribution >= 4 is 87.4 Å². The predicted octanol–water partition coefficient (Wildman–Crippen LogP) is 20.8. The Morgan fingerprint density at radius 2 is 0.776 bits per heavy atom. The summed E-state index contributed by atoms with van der Waals surface area (Å²) in [6, 6.07) is 108. The van der Waals surface area contributed by atoms with Crippen molar-refractivity contribution in [1.82, 2.24) is 4.57 Å². The molecule has 0 saturated heterocycles.